The summed E-state index contributed by atoms with van der Waals surface area (Å²) in [5, 5.41) is 0. The van der Waals surface area contributed by atoms with Crippen molar-refractivity contribution in [2.45, 2.75) is 17.9 Å². The zero-order valence-corrected chi connectivity index (χ0v) is 14.3. The van der Waals surface area contributed by atoms with E-state index >= 15 is 0 Å². The van der Waals surface area contributed by atoms with Crippen molar-refractivity contribution in [3.8, 4) is 11.5 Å². The van der Waals surface area contributed by atoms with Gasteiger partial charge in [-0.3, -0.25) is 0 Å². The number of nitrogens with zero attached hydrogens (tertiary/aromatic N) is 1. The number of halogens is 1. The fourth-order valence-corrected chi connectivity index (χ4v) is 3.58. The molecule has 0 amide bonds. The van der Waals surface area contributed by atoms with Crippen LogP contribution in [0.5, 0.6) is 11.5 Å². The van der Waals surface area contributed by atoms with E-state index in [4.69, 9.17) is 15.2 Å². The monoisotopic (exact) mass is 366 g/mol. The van der Waals surface area contributed by atoms with Crippen LogP contribution >= 0.6 is 15.9 Å². The van der Waals surface area contributed by atoms with Crippen LogP contribution < -0.4 is 15.2 Å². The first-order chi connectivity index (χ1) is 9.29. The Morgan fingerprint density at radius 2 is 1.85 bits per heavy atom. The number of benzene rings is 1. The first kappa shape index (κ1) is 17.2. The highest BCUT2D eigenvalue weighted by molar-refractivity contribution is 9.10. The van der Waals surface area contributed by atoms with E-state index in [1.54, 1.807) is 13.0 Å². The number of methoxy groups -OCH3 is 2. The largest absolute Gasteiger partial charge is 0.496 e. The van der Waals surface area contributed by atoms with Gasteiger partial charge in [-0.25, -0.2) is 8.42 Å². The van der Waals surface area contributed by atoms with Gasteiger partial charge in [0, 0.05) is 25.7 Å². The van der Waals surface area contributed by atoms with E-state index in [1.165, 1.54) is 31.6 Å². The average Bonchev–Trinajstić information content (AvgIpc) is 2.44. The quantitative estimate of drug-likeness (QED) is 0.823. The second kappa shape index (κ2) is 6.75. The third kappa shape index (κ3) is 3.25. The number of sulfonamides is 1. The summed E-state index contributed by atoms with van der Waals surface area (Å²) in [5.74, 6) is 0.659. The molecule has 0 bridgehead atoms. The number of nitrogens with two attached hydrogens (primary N) is 1. The van der Waals surface area contributed by atoms with E-state index in [9.17, 15) is 8.42 Å². The summed E-state index contributed by atoms with van der Waals surface area (Å²) in [6.45, 7) is 1.96. The van der Waals surface area contributed by atoms with Gasteiger partial charge >= 0.3 is 0 Å². The van der Waals surface area contributed by atoms with Gasteiger partial charge in [-0.1, -0.05) is 0 Å². The molecule has 0 heterocycles. The van der Waals surface area contributed by atoms with E-state index in [1.807, 2.05) is 0 Å². The lowest BCUT2D eigenvalue weighted by Gasteiger charge is -2.24. The lowest BCUT2D eigenvalue weighted by Crippen LogP contribution is -2.39. The molecule has 0 aliphatic carbocycles. The maximum atomic E-state index is 12.6. The minimum absolute atomic E-state index is 0.0443. The average molecular weight is 367 g/mol. The summed E-state index contributed by atoms with van der Waals surface area (Å²) >= 11 is 3.30. The maximum Gasteiger partial charge on any atom is 0.246 e. The zero-order valence-electron chi connectivity index (χ0n) is 11.9. The van der Waals surface area contributed by atoms with E-state index in [0.717, 1.165) is 0 Å². The normalized spacial score (nSPS) is 13.3. The SMILES string of the molecule is COc1cc(S(=O)(=O)N(C)C(C)CN)c(OC)cc1Br. The molecule has 1 rings (SSSR count). The highest BCUT2D eigenvalue weighted by Gasteiger charge is 2.29. The first-order valence-corrected chi connectivity index (χ1v) is 8.12. The molecule has 2 N–H and O–H groups in total. The van der Waals surface area contributed by atoms with Crippen LogP contribution in [0.4, 0.5) is 0 Å². The molecule has 8 heteroatoms. The van der Waals surface area contributed by atoms with Crippen LogP contribution in [0.1, 0.15) is 6.92 Å². The molecule has 0 aliphatic rings. The Kier molecular flexibility index (Phi) is 5.81. The standard InChI is InChI=1S/C12H19BrN2O4S/c1-8(7-14)15(2)20(16,17)12-6-10(18-3)9(13)5-11(12)19-4/h5-6,8H,7,14H2,1-4H3. The number of hydrogen-bond donors (Lipinski definition) is 1. The minimum Gasteiger partial charge on any atom is -0.496 e. The predicted octanol–water partition coefficient (Wildman–Crippen LogP) is 1.43. The highest BCUT2D eigenvalue weighted by atomic mass is 79.9. The summed E-state index contributed by atoms with van der Waals surface area (Å²) < 4.78 is 37.3. The van der Waals surface area contributed by atoms with Crippen molar-refractivity contribution < 1.29 is 17.9 Å². The molecular weight excluding hydrogens is 348 g/mol. The van der Waals surface area contributed by atoms with Crippen LogP contribution in [0.15, 0.2) is 21.5 Å². The van der Waals surface area contributed by atoms with Crippen molar-refractivity contribution in [1.82, 2.24) is 4.31 Å². The molecule has 1 unspecified atom stereocenters. The van der Waals surface area contributed by atoms with Crippen molar-refractivity contribution >= 4 is 26.0 Å². The van der Waals surface area contributed by atoms with Gasteiger partial charge in [0.2, 0.25) is 10.0 Å². The van der Waals surface area contributed by atoms with E-state index < -0.39 is 10.0 Å². The Hall–Kier alpha value is -0.830. The van der Waals surface area contributed by atoms with Crippen molar-refractivity contribution in [1.29, 1.82) is 0 Å². The molecule has 0 aliphatic heterocycles. The number of hydrogen-bond acceptors (Lipinski definition) is 5. The van der Waals surface area contributed by atoms with Gasteiger partial charge in [0.1, 0.15) is 16.4 Å². The van der Waals surface area contributed by atoms with E-state index in [-0.39, 0.29) is 23.2 Å². The molecule has 0 radical (unpaired) electrons. The molecule has 1 aromatic carbocycles. The van der Waals surface area contributed by atoms with Crippen molar-refractivity contribution in [2.24, 2.45) is 5.73 Å². The van der Waals surface area contributed by atoms with Crippen molar-refractivity contribution in [3.05, 3.63) is 16.6 Å². The lowest BCUT2D eigenvalue weighted by molar-refractivity contribution is 0.374. The van der Waals surface area contributed by atoms with Crippen LogP contribution in [0, 0.1) is 0 Å². The van der Waals surface area contributed by atoms with Gasteiger partial charge < -0.3 is 15.2 Å². The first-order valence-electron chi connectivity index (χ1n) is 5.89. The molecule has 0 spiro atoms. The molecular formula is C12H19BrN2O4S. The van der Waals surface area contributed by atoms with E-state index in [2.05, 4.69) is 15.9 Å². The van der Waals surface area contributed by atoms with Crippen LogP contribution in [0.25, 0.3) is 0 Å². The summed E-state index contributed by atoms with van der Waals surface area (Å²) in [5.41, 5.74) is 5.53. The van der Waals surface area contributed by atoms with Crippen LogP contribution in [0.2, 0.25) is 0 Å². The van der Waals surface area contributed by atoms with Gasteiger partial charge in [0.25, 0.3) is 0 Å². The summed E-state index contributed by atoms with van der Waals surface area (Å²) in [6, 6.07) is 2.67. The van der Waals surface area contributed by atoms with Gasteiger partial charge in [-0.15, -0.1) is 0 Å². The molecule has 0 fully saturated rings. The summed E-state index contributed by atoms with van der Waals surface area (Å²) in [7, 11) is 0.656. The fraction of sp³-hybridized carbons (Fsp3) is 0.500. The Balaban J connectivity index is 3.44. The second-order valence-corrected chi connectivity index (χ2v) is 7.06. The topological polar surface area (TPSA) is 81.9 Å². The lowest BCUT2D eigenvalue weighted by atomic mass is 10.3. The van der Waals surface area contributed by atoms with Crippen molar-refractivity contribution in [2.75, 3.05) is 27.8 Å². The molecule has 6 nitrogen and oxygen atoms in total. The summed E-state index contributed by atoms with van der Waals surface area (Å²) in [4.78, 5) is 0.0443. The van der Waals surface area contributed by atoms with Gasteiger partial charge in [-0.2, -0.15) is 4.31 Å². The van der Waals surface area contributed by atoms with E-state index in [0.29, 0.717) is 10.2 Å². The Bertz CT molecular complexity index is 577. The van der Waals surface area contributed by atoms with Gasteiger partial charge in [0.05, 0.1) is 18.7 Å². The summed E-state index contributed by atoms with van der Waals surface area (Å²) in [6.07, 6.45) is 0. The Morgan fingerprint density at radius 3 is 2.30 bits per heavy atom. The number of ether oxygens (including phenoxy) is 2. The molecule has 20 heavy (non-hydrogen) atoms. The molecule has 1 aromatic rings. The second-order valence-electron chi connectivity index (χ2n) is 4.24. The van der Waals surface area contributed by atoms with Crippen LogP contribution in [0.3, 0.4) is 0 Å². The molecule has 1 atom stereocenters. The molecule has 0 saturated carbocycles. The van der Waals surface area contributed by atoms with Gasteiger partial charge in [0.15, 0.2) is 0 Å². The third-order valence-electron chi connectivity index (χ3n) is 3.06. The minimum atomic E-state index is -3.71. The predicted molar refractivity (Wildman–Crippen MR) is 80.7 cm³/mol. The van der Waals surface area contributed by atoms with Crippen LogP contribution in [-0.2, 0) is 10.0 Å². The molecule has 114 valence electrons. The van der Waals surface area contributed by atoms with Crippen LogP contribution in [-0.4, -0.2) is 46.6 Å². The third-order valence-corrected chi connectivity index (χ3v) is 5.67. The van der Waals surface area contributed by atoms with Crippen molar-refractivity contribution in [3.63, 3.8) is 0 Å². The Labute approximate surface area is 128 Å². The number of likely N-dealkylation sites (N-methyl/N-ethyl adjacent to an activating group) is 1. The zero-order chi connectivity index (χ0) is 15.5. The Morgan fingerprint density at radius 1 is 1.30 bits per heavy atom. The smallest absolute Gasteiger partial charge is 0.246 e. The fourth-order valence-electron chi connectivity index (χ4n) is 1.57. The molecule has 0 saturated heterocycles. The highest BCUT2D eigenvalue weighted by Crippen LogP contribution is 2.36. The number of rotatable bonds is 6. The maximum absolute atomic E-state index is 12.6. The van der Waals surface area contributed by atoms with Gasteiger partial charge in [-0.05, 0) is 28.9 Å². The molecule has 0 aromatic heterocycles.